The number of carbonyl (C=O) groups is 1. The van der Waals surface area contributed by atoms with Crippen molar-refractivity contribution in [2.45, 2.75) is 63.9 Å². The fourth-order valence-electron chi connectivity index (χ4n) is 3.60. The van der Waals surface area contributed by atoms with Crippen LogP contribution in [0.25, 0.3) is 0 Å². The molecule has 5 heteroatoms. The van der Waals surface area contributed by atoms with Crippen LogP contribution >= 0.6 is 12.2 Å². The molecule has 1 unspecified atom stereocenters. The van der Waals surface area contributed by atoms with Gasteiger partial charge in [0.15, 0.2) is 0 Å². The molecule has 0 aromatic heterocycles. The minimum atomic E-state index is -0.616. The van der Waals surface area contributed by atoms with E-state index in [1.165, 1.54) is 19.3 Å². The average molecular weight is 312 g/mol. The molecule has 2 rings (SSSR count). The minimum absolute atomic E-state index is 0.103. The fourth-order valence-corrected chi connectivity index (χ4v) is 3.89. The molecule has 1 aliphatic heterocycles. The second kappa shape index (κ2) is 7.54. The number of carbonyl (C=O) groups excluding carboxylic acids is 1. The summed E-state index contributed by atoms with van der Waals surface area (Å²) in [5, 5.41) is 0. The van der Waals surface area contributed by atoms with Gasteiger partial charge in [-0.2, -0.15) is 0 Å². The smallest absolute Gasteiger partial charge is 0.235 e. The van der Waals surface area contributed by atoms with Crippen molar-refractivity contribution in [3.8, 4) is 0 Å². The molecular formula is C16H28N2O2S. The molecule has 0 bridgehead atoms. The summed E-state index contributed by atoms with van der Waals surface area (Å²) in [6, 6.07) is 0. The van der Waals surface area contributed by atoms with Gasteiger partial charge in [0, 0.05) is 20.2 Å². The first-order valence-corrected chi connectivity index (χ1v) is 8.64. The van der Waals surface area contributed by atoms with Crippen LogP contribution in [-0.2, 0) is 9.53 Å². The zero-order valence-electron chi connectivity index (χ0n) is 13.1. The van der Waals surface area contributed by atoms with Crippen LogP contribution in [0.1, 0.15) is 57.8 Å². The van der Waals surface area contributed by atoms with Gasteiger partial charge in [-0.1, -0.05) is 37.9 Å². The van der Waals surface area contributed by atoms with E-state index >= 15 is 0 Å². The number of nitrogens with zero attached hydrogens (tertiary/aromatic N) is 1. The van der Waals surface area contributed by atoms with Crippen LogP contribution in [0.3, 0.4) is 0 Å². The molecule has 21 heavy (non-hydrogen) atoms. The zero-order chi connectivity index (χ0) is 15.3. The van der Waals surface area contributed by atoms with Crippen LogP contribution in [0.2, 0.25) is 0 Å². The standard InChI is InChI=1S/C16H28N2O2S/c1-18(12-13-8-4-7-11-20-13)15(19)16(14(17)21)9-5-2-3-6-10-16/h13H,2-12H2,1H3,(H2,17,21). The predicted octanol–water partition coefficient (Wildman–Crippen LogP) is 2.64. The van der Waals surface area contributed by atoms with Crippen molar-refractivity contribution in [2.75, 3.05) is 20.2 Å². The molecule has 4 nitrogen and oxygen atoms in total. The topological polar surface area (TPSA) is 55.6 Å². The van der Waals surface area contributed by atoms with E-state index in [1.54, 1.807) is 4.90 Å². The SMILES string of the molecule is CN(CC1CCCCO1)C(=O)C1(C(N)=S)CCCCCC1. The van der Waals surface area contributed by atoms with Gasteiger partial charge in [-0.3, -0.25) is 4.79 Å². The summed E-state index contributed by atoms with van der Waals surface area (Å²) in [4.78, 5) is 15.2. The highest BCUT2D eigenvalue weighted by atomic mass is 32.1. The normalized spacial score (nSPS) is 25.9. The molecule has 2 aliphatic rings. The molecule has 1 amide bonds. The summed E-state index contributed by atoms with van der Waals surface area (Å²) in [5.41, 5.74) is 5.38. The van der Waals surface area contributed by atoms with E-state index in [4.69, 9.17) is 22.7 Å². The molecular weight excluding hydrogens is 284 g/mol. The molecule has 1 heterocycles. The van der Waals surface area contributed by atoms with Gasteiger partial charge >= 0.3 is 0 Å². The molecule has 1 saturated carbocycles. The average Bonchev–Trinajstić information content (AvgIpc) is 2.74. The molecule has 120 valence electrons. The van der Waals surface area contributed by atoms with Crippen molar-refractivity contribution >= 4 is 23.1 Å². The number of amides is 1. The Morgan fingerprint density at radius 2 is 1.90 bits per heavy atom. The maximum atomic E-state index is 13.0. The maximum Gasteiger partial charge on any atom is 0.235 e. The summed E-state index contributed by atoms with van der Waals surface area (Å²) in [5.74, 6) is 0.103. The number of likely N-dealkylation sites (N-methyl/N-ethyl adjacent to an activating group) is 1. The number of rotatable bonds is 4. The number of hydrogen-bond acceptors (Lipinski definition) is 3. The largest absolute Gasteiger partial charge is 0.392 e. The van der Waals surface area contributed by atoms with Crippen molar-refractivity contribution in [2.24, 2.45) is 11.1 Å². The summed E-state index contributed by atoms with van der Waals surface area (Å²) >= 11 is 5.29. The van der Waals surface area contributed by atoms with E-state index in [9.17, 15) is 4.79 Å². The highest BCUT2D eigenvalue weighted by Gasteiger charge is 2.43. The van der Waals surface area contributed by atoms with Gasteiger partial charge in [-0.25, -0.2) is 0 Å². The van der Waals surface area contributed by atoms with Gasteiger partial charge in [-0.05, 0) is 32.1 Å². The highest BCUT2D eigenvalue weighted by Crippen LogP contribution is 2.37. The summed E-state index contributed by atoms with van der Waals surface area (Å²) in [7, 11) is 1.87. The van der Waals surface area contributed by atoms with Gasteiger partial charge in [0.2, 0.25) is 5.91 Å². The van der Waals surface area contributed by atoms with Gasteiger partial charge < -0.3 is 15.4 Å². The van der Waals surface area contributed by atoms with Crippen molar-refractivity contribution in [3.63, 3.8) is 0 Å². The van der Waals surface area contributed by atoms with Gasteiger partial charge in [-0.15, -0.1) is 0 Å². The van der Waals surface area contributed by atoms with E-state index < -0.39 is 5.41 Å². The Bertz CT molecular complexity index is 372. The third-order valence-electron chi connectivity index (χ3n) is 4.94. The first kappa shape index (κ1) is 16.7. The Labute approximate surface area is 133 Å². The molecule has 0 radical (unpaired) electrons. The fraction of sp³-hybridized carbons (Fsp3) is 0.875. The summed E-state index contributed by atoms with van der Waals surface area (Å²) in [6.45, 7) is 1.47. The Morgan fingerprint density at radius 1 is 1.24 bits per heavy atom. The van der Waals surface area contributed by atoms with E-state index in [1.807, 2.05) is 7.05 Å². The lowest BCUT2D eigenvalue weighted by Gasteiger charge is -2.36. The molecule has 0 spiro atoms. The third kappa shape index (κ3) is 3.95. The number of thiocarbonyl (C=S) groups is 1. The van der Waals surface area contributed by atoms with Crippen LogP contribution < -0.4 is 5.73 Å². The molecule has 2 N–H and O–H groups in total. The zero-order valence-corrected chi connectivity index (χ0v) is 13.9. The molecule has 2 fully saturated rings. The first-order chi connectivity index (χ1) is 10.1. The van der Waals surface area contributed by atoms with Crippen molar-refractivity contribution in [1.29, 1.82) is 0 Å². The number of hydrogen-bond donors (Lipinski definition) is 1. The van der Waals surface area contributed by atoms with Crippen LogP contribution in [0.4, 0.5) is 0 Å². The summed E-state index contributed by atoms with van der Waals surface area (Å²) < 4.78 is 5.75. The van der Waals surface area contributed by atoms with E-state index in [0.717, 1.165) is 45.1 Å². The second-order valence-electron chi connectivity index (χ2n) is 6.53. The second-order valence-corrected chi connectivity index (χ2v) is 6.97. The first-order valence-electron chi connectivity index (χ1n) is 8.23. The lowest BCUT2D eigenvalue weighted by Crippen LogP contribution is -2.51. The van der Waals surface area contributed by atoms with Crippen LogP contribution in [-0.4, -0.2) is 42.1 Å². The van der Waals surface area contributed by atoms with Crippen LogP contribution in [0.5, 0.6) is 0 Å². The monoisotopic (exact) mass is 312 g/mol. The molecule has 1 aliphatic carbocycles. The Balaban J connectivity index is 2.04. The Kier molecular flexibility index (Phi) is 5.99. The highest BCUT2D eigenvalue weighted by molar-refractivity contribution is 7.80. The molecule has 0 aromatic rings. The molecule has 0 aromatic carbocycles. The quantitative estimate of drug-likeness (QED) is 0.640. The van der Waals surface area contributed by atoms with Crippen LogP contribution in [0, 0.1) is 5.41 Å². The van der Waals surface area contributed by atoms with Gasteiger partial charge in [0.05, 0.1) is 16.5 Å². The van der Waals surface area contributed by atoms with Crippen LogP contribution in [0.15, 0.2) is 0 Å². The molecule has 1 atom stereocenters. The van der Waals surface area contributed by atoms with E-state index in [2.05, 4.69) is 0 Å². The summed E-state index contributed by atoms with van der Waals surface area (Å²) in [6.07, 6.45) is 9.56. The number of nitrogens with two attached hydrogens (primary N) is 1. The van der Waals surface area contributed by atoms with E-state index in [-0.39, 0.29) is 12.0 Å². The minimum Gasteiger partial charge on any atom is -0.392 e. The maximum absolute atomic E-state index is 13.0. The third-order valence-corrected chi connectivity index (χ3v) is 5.33. The number of ether oxygens (including phenoxy) is 1. The van der Waals surface area contributed by atoms with E-state index in [0.29, 0.717) is 11.5 Å². The van der Waals surface area contributed by atoms with Crippen molar-refractivity contribution in [1.82, 2.24) is 4.90 Å². The van der Waals surface area contributed by atoms with Gasteiger partial charge in [0.25, 0.3) is 0 Å². The van der Waals surface area contributed by atoms with Crippen molar-refractivity contribution < 1.29 is 9.53 Å². The lowest BCUT2D eigenvalue weighted by molar-refractivity contribution is -0.140. The predicted molar refractivity (Wildman–Crippen MR) is 88.1 cm³/mol. The van der Waals surface area contributed by atoms with Gasteiger partial charge in [0.1, 0.15) is 0 Å². The lowest BCUT2D eigenvalue weighted by atomic mass is 9.78. The molecule has 1 saturated heterocycles. The Hall–Kier alpha value is -0.680. The Morgan fingerprint density at radius 3 is 2.43 bits per heavy atom. The van der Waals surface area contributed by atoms with Crippen molar-refractivity contribution in [3.05, 3.63) is 0 Å².